The summed E-state index contributed by atoms with van der Waals surface area (Å²) in [5.41, 5.74) is -0.993. The van der Waals surface area contributed by atoms with Crippen molar-refractivity contribution in [1.29, 1.82) is 0 Å². The summed E-state index contributed by atoms with van der Waals surface area (Å²) in [4.78, 5) is 0. The smallest absolute Gasteiger partial charge is 0.385 e. The number of nitrogens with one attached hydrogen (secondary N) is 1. The number of halogens is 3. The normalized spacial score (nSPS) is 13.5. The lowest BCUT2D eigenvalue weighted by Gasteiger charge is -2.13. The van der Waals surface area contributed by atoms with E-state index in [1.165, 1.54) is 6.07 Å². The van der Waals surface area contributed by atoms with Crippen molar-refractivity contribution in [2.45, 2.75) is 25.6 Å². The van der Waals surface area contributed by atoms with Crippen molar-refractivity contribution in [1.82, 2.24) is 10.2 Å². The molecule has 1 atom stereocenters. The Hall–Kier alpha value is -1.37. The third-order valence-corrected chi connectivity index (χ3v) is 2.10. The number of alkyl halides is 3. The summed E-state index contributed by atoms with van der Waals surface area (Å²) >= 11 is 0. The maximum absolute atomic E-state index is 12.2. The zero-order chi connectivity index (χ0) is 12.9. The van der Waals surface area contributed by atoms with Gasteiger partial charge in [0.25, 0.3) is 0 Å². The average Bonchev–Trinajstić information content (AvgIpc) is 2.26. The summed E-state index contributed by atoms with van der Waals surface area (Å²) in [6.45, 7) is 2.46. The molecule has 1 unspecified atom stereocenters. The van der Waals surface area contributed by atoms with Gasteiger partial charge in [-0.25, -0.2) is 0 Å². The summed E-state index contributed by atoms with van der Waals surface area (Å²) in [7, 11) is 1.59. The first-order valence-electron chi connectivity index (χ1n) is 5.10. The van der Waals surface area contributed by atoms with Gasteiger partial charge in [-0.15, -0.1) is 10.2 Å². The highest BCUT2D eigenvalue weighted by Crippen LogP contribution is 2.27. The Labute approximate surface area is 97.2 Å². The van der Waals surface area contributed by atoms with Crippen molar-refractivity contribution in [3.05, 3.63) is 17.8 Å². The molecule has 0 radical (unpaired) electrons. The van der Waals surface area contributed by atoms with Gasteiger partial charge in [-0.3, -0.25) is 0 Å². The van der Waals surface area contributed by atoms with Crippen LogP contribution in [0.2, 0.25) is 0 Å². The van der Waals surface area contributed by atoms with E-state index in [1.807, 2.05) is 6.92 Å². The number of ether oxygens (including phenoxy) is 1. The maximum atomic E-state index is 12.2. The first-order valence-corrected chi connectivity index (χ1v) is 5.10. The molecule has 17 heavy (non-hydrogen) atoms. The first kappa shape index (κ1) is 13.7. The maximum Gasteiger partial charge on any atom is 0.435 e. The van der Waals surface area contributed by atoms with Crippen molar-refractivity contribution in [3.63, 3.8) is 0 Å². The molecule has 7 heteroatoms. The van der Waals surface area contributed by atoms with E-state index >= 15 is 0 Å². The van der Waals surface area contributed by atoms with Crippen LogP contribution >= 0.6 is 0 Å². The molecule has 0 bridgehead atoms. The molecule has 0 spiro atoms. The van der Waals surface area contributed by atoms with Crippen LogP contribution in [0.1, 0.15) is 19.0 Å². The lowest BCUT2D eigenvalue weighted by molar-refractivity contribution is -0.141. The lowest BCUT2D eigenvalue weighted by Crippen LogP contribution is -2.19. The highest BCUT2D eigenvalue weighted by atomic mass is 19.4. The zero-order valence-corrected chi connectivity index (χ0v) is 9.58. The van der Waals surface area contributed by atoms with E-state index in [-0.39, 0.29) is 6.04 Å². The van der Waals surface area contributed by atoms with Gasteiger partial charge in [-0.05, 0) is 25.5 Å². The minimum absolute atomic E-state index is 0.0565. The molecule has 1 rings (SSSR count). The van der Waals surface area contributed by atoms with Crippen LogP contribution in [-0.2, 0) is 10.9 Å². The Kier molecular flexibility index (Phi) is 4.68. The molecule has 1 N–H and O–H groups in total. The summed E-state index contributed by atoms with van der Waals surface area (Å²) in [6.07, 6.45) is -3.72. The van der Waals surface area contributed by atoms with Crippen LogP contribution in [-0.4, -0.2) is 30.0 Å². The molecule has 0 aromatic carbocycles. The Bertz CT molecular complexity index is 340. The van der Waals surface area contributed by atoms with Gasteiger partial charge >= 0.3 is 6.18 Å². The summed E-state index contributed by atoms with van der Waals surface area (Å²) in [5.74, 6) is 0.321. The molecule has 1 heterocycles. The summed E-state index contributed by atoms with van der Waals surface area (Å²) in [6, 6.07) is 2.22. The third kappa shape index (κ3) is 4.56. The van der Waals surface area contributed by atoms with Crippen molar-refractivity contribution in [3.8, 4) is 0 Å². The topological polar surface area (TPSA) is 47.0 Å². The molecule has 1 aromatic heterocycles. The second-order valence-corrected chi connectivity index (χ2v) is 3.63. The van der Waals surface area contributed by atoms with Crippen LogP contribution in [0.4, 0.5) is 19.0 Å². The van der Waals surface area contributed by atoms with E-state index in [0.29, 0.717) is 12.4 Å². The van der Waals surface area contributed by atoms with E-state index in [9.17, 15) is 13.2 Å². The molecule has 96 valence electrons. The standard InChI is InChI=1S/C10H14F3N3O/c1-7(5-6-17-2)14-9-4-3-8(15-16-9)10(11,12)13/h3-4,7H,5-6H2,1-2H3,(H,14,16). The number of anilines is 1. The van der Waals surface area contributed by atoms with Gasteiger partial charge in [0.05, 0.1) is 0 Å². The number of aromatic nitrogens is 2. The van der Waals surface area contributed by atoms with Crippen LogP contribution in [0.3, 0.4) is 0 Å². The molecule has 0 saturated carbocycles. The fourth-order valence-corrected chi connectivity index (χ4v) is 1.18. The van der Waals surface area contributed by atoms with Gasteiger partial charge in [0.1, 0.15) is 5.82 Å². The Morgan fingerprint density at radius 3 is 2.53 bits per heavy atom. The van der Waals surface area contributed by atoms with Crippen molar-refractivity contribution < 1.29 is 17.9 Å². The van der Waals surface area contributed by atoms with Gasteiger partial charge in [-0.1, -0.05) is 0 Å². The number of rotatable bonds is 5. The predicted octanol–water partition coefficient (Wildman–Crippen LogP) is 2.33. The Balaban J connectivity index is 2.56. The van der Waals surface area contributed by atoms with Crippen molar-refractivity contribution in [2.24, 2.45) is 0 Å². The van der Waals surface area contributed by atoms with Gasteiger partial charge < -0.3 is 10.1 Å². The number of nitrogens with zero attached hydrogens (tertiary/aromatic N) is 2. The fraction of sp³-hybridized carbons (Fsp3) is 0.600. The first-order chi connectivity index (χ1) is 7.93. The summed E-state index contributed by atoms with van der Waals surface area (Å²) in [5, 5.41) is 9.52. The molecule has 4 nitrogen and oxygen atoms in total. The second kappa shape index (κ2) is 5.81. The SMILES string of the molecule is COCCC(C)Nc1ccc(C(F)(F)F)nn1. The molecule has 1 aromatic rings. The van der Waals surface area contributed by atoms with Gasteiger partial charge in [0.15, 0.2) is 5.69 Å². The average molecular weight is 249 g/mol. The zero-order valence-electron chi connectivity index (χ0n) is 9.58. The third-order valence-electron chi connectivity index (χ3n) is 2.10. The monoisotopic (exact) mass is 249 g/mol. The van der Waals surface area contributed by atoms with E-state index in [2.05, 4.69) is 15.5 Å². The molecular formula is C10H14F3N3O. The van der Waals surface area contributed by atoms with Crippen LogP contribution in [0.5, 0.6) is 0 Å². The molecule has 0 amide bonds. The number of hydrogen-bond donors (Lipinski definition) is 1. The highest BCUT2D eigenvalue weighted by molar-refractivity contribution is 5.34. The van der Waals surface area contributed by atoms with E-state index in [4.69, 9.17) is 4.74 Å². The molecule has 0 saturated heterocycles. The van der Waals surface area contributed by atoms with Crippen molar-refractivity contribution in [2.75, 3.05) is 19.0 Å². The minimum Gasteiger partial charge on any atom is -0.385 e. The molecule has 0 aliphatic heterocycles. The largest absolute Gasteiger partial charge is 0.435 e. The van der Waals surface area contributed by atoms with Crippen LogP contribution in [0, 0.1) is 0 Å². The summed E-state index contributed by atoms with van der Waals surface area (Å²) < 4.78 is 41.5. The molecular weight excluding hydrogens is 235 g/mol. The Morgan fingerprint density at radius 1 is 1.35 bits per heavy atom. The quantitative estimate of drug-likeness (QED) is 0.870. The lowest BCUT2D eigenvalue weighted by atomic mass is 10.2. The van der Waals surface area contributed by atoms with Crippen LogP contribution < -0.4 is 5.32 Å². The molecule has 0 fully saturated rings. The number of methoxy groups -OCH3 is 1. The van der Waals surface area contributed by atoms with Gasteiger partial charge in [0.2, 0.25) is 0 Å². The highest BCUT2D eigenvalue weighted by Gasteiger charge is 2.32. The van der Waals surface area contributed by atoms with E-state index in [0.717, 1.165) is 12.5 Å². The van der Waals surface area contributed by atoms with Crippen LogP contribution in [0.15, 0.2) is 12.1 Å². The number of hydrogen-bond acceptors (Lipinski definition) is 4. The second-order valence-electron chi connectivity index (χ2n) is 3.63. The Morgan fingerprint density at radius 2 is 2.06 bits per heavy atom. The minimum atomic E-state index is -4.45. The fourth-order valence-electron chi connectivity index (χ4n) is 1.18. The van der Waals surface area contributed by atoms with Gasteiger partial charge in [-0.2, -0.15) is 13.2 Å². The molecule has 0 aliphatic rings. The van der Waals surface area contributed by atoms with Gasteiger partial charge in [0, 0.05) is 19.8 Å². The van der Waals surface area contributed by atoms with E-state index in [1.54, 1.807) is 7.11 Å². The van der Waals surface area contributed by atoms with E-state index < -0.39 is 11.9 Å². The van der Waals surface area contributed by atoms with Crippen LogP contribution in [0.25, 0.3) is 0 Å². The predicted molar refractivity (Wildman–Crippen MR) is 56.6 cm³/mol. The molecule has 0 aliphatic carbocycles. The van der Waals surface area contributed by atoms with Crippen molar-refractivity contribution >= 4 is 5.82 Å².